The average Bonchev–Trinajstić information content (AvgIpc) is 2.92. The van der Waals surface area contributed by atoms with Gasteiger partial charge in [0, 0.05) is 46.4 Å². The molecular formula is C28H40N2O6. The van der Waals surface area contributed by atoms with Gasteiger partial charge in [0.1, 0.15) is 18.1 Å². The summed E-state index contributed by atoms with van der Waals surface area (Å²) < 4.78 is 34.5. The molecule has 36 heavy (non-hydrogen) atoms. The Labute approximate surface area is 214 Å². The summed E-state index contributed by atoms with van der Waals surface area (Å²) in [5, 5.41) is 3.50. The Kier molecular flexibility index (Phi) is 10.2. The third kappa shape index (κ3) is 6.89. The standard InChI is InChI=1S/C28H40N2O6/c1-31-13-4-11-30-12-14-34-25-10-5-21(17-24(25)30)20-36-27-19-29-18-26(35-16-15-32-2)28(27)22-6-8-23(33-3)9-7-22/h5-10,17,26-29H,4,11-16,18-20H2,1-3H3/t26-,27+,28+/m1/s1. The van der Waals surface area contributed by atoms with Crippen molar-refractivity contribution in [2.24, 2.45) is 0 Å². The number of anilines is 1. The number of hydrogen-bond donors (Lipinski definition) is 1. The fourth-order valence-electron chi connectivity index (χ4n) is 4.97. The van der Waals surface area contributed by atoms with Crippen molar-refractivity contribution in [2.75, 3.05) is 78.8 Å². The number of rotatable bonds is 13. The maximum absolute atomic E-state index is 6.57. The predicted octanol–water partition coefficient (Wildman–Crippen LogP) is 3.23. The Balaban J connectivity index is 1.47. The normalized spacial score (nSPS) is 21.6. The van der Waals surface area contributed by atoms with Gasteiger partial charge in [-0.05, 0) is 41.8 Å². The third-order valence-electron chi connectivity index (χ3n) is 6.84. The highest BCUT2D eigenvalue weighted by atomic mass is 16.5. The number of nitrogens with one attached hydrogen (secondary N) is 1. The van der Waals surface area contributed by atoms with E-state index in [9.17, 15) is 0 Å². The summed E-state index contributed by atoms with van der Waals surface area (Å²) in [6.07, 6.45) is 0.934. The zero-order valence-electron chi connectivity index (χ0n) is 21.7. The topological polar surface area (TPSA) is 70.7 Å². The van der Waals surface area contributed by atoms with Gasteiger partial charge in [0.25, 0.3) is 0 Å². The molecule has 2 heterocycles. The van der Waals surface area contributed by atoms with Crippen molar-refractivity contribution < 1.29 is 28.4 Å². The molecule has 2 aliphatic heterocycles. The number of methoxy groups -OCH3 is 3. The van der Waals surface area contributed by atoms with E-state index in [0.29, 0.717) is 26.4 Å². The van der Waals surface area contributed by atoms with Crippen LogP contribution in [0.15, 0.2) is 42.5 Å². The number of ether oxygens (including phenoxy) is 6. The first-order valence-corrected chi connectivity index (χ1v) is 12.8. The molecule has 4 rings (SSSR count). The van der Waals surface area contributed by atoms with Gasteiger partial charge in [-0.15, -0.1) is 0 Å². The Morgan fingerprint density at radius 2 is 1.69 bits per heavy atom. The van der Waals surface area contributed by atoms with Crippen molar-refractivity contribution >= 4 is 5.69 Å². The van der Waals surface area contributed by atoms with E-state index in [1.54, 1.807) is 21.3 Å². The first kappa shape index (κ1) is 26.7. The van der Waals surface area contributed by atoms with Gasteiger partial charge in [0.15, 0.2) is 0 Å². The minimum absolute atomic E-state index is 0.0134. The fourth-order valence-corrected chi connectivity index (χ4v) is 4.97. The molecule has 0 saturated carbocycles. The van der Waals surface area contributed by atoms with Gasteiger partial charge in [-0.3, -0.25) is 0 Å². The molecular weight excluding hydrogens is 460 g/mol. The summed E-state index contributed by atoms with van der Waals surface area (Å²) in [6.45, 7) is 6.45. The molecule has 1 saturated heterocycles. The van der Waals surface area contributed by atoms with Gasteiger partial charge in [0.2, 0.25) is 0 Å². The SMILES string of the molecule is COCCCN1CCOc2ccc(CO[C@H]3CNC[C@@H](OCCOC)[C@@H]3c3ccc(OC)cc3)cc21. The molecule has 0 aromatic heterocycles. The smallest absolute Gasteiger partial charge is 0.142 e. The Bertz CT molecular complexity index is 925. The summed E-state index contributed by atoms with van der Waals surface area (Å²) in [5.41, 5.74) is 3.45. The molecule has 1 N–H and O–H groups in total. The molecule has 3 atom stereocenters. The van der Waals surface area contributed by atoms with Crippen LogP contribution in [-0.4, -0.2) is 86.1 Å². The van der Waals surface area contributed by atoms with Crippen LogP contribution in [0.4, 0.5) is 5.69 Å². The van der Waals surface area contributed by atoms with Crippen LogP contribution in [-0.2, 0) is 25.6 Å². The van der Waals surface area contributed by atoms with E-state index in [4.69, 9.17) is 28.4 Å². The van der Waals surface area contributed by atoms with E-state index in [1.807, 2.05) is 12.1 Å². The lowest BCUT2D eigenvalue weighted by Gasteiger charge is -2.39. The van der Waals surface area contributed by atoms with Crippen molar-refractivity contribution in [1.29, 1.82) is 0 Å². The number of piperidine rings is 1. The average molecular weight is 501 g/mol. The maximum atomic E-state index is 6.57. The fraction of sp³-hybridized carbons (Fsp3) is 0.571. The lowest BCUT2D eigenvalue weighted by Crippen LogP contribution is -2.50. The van der Waals surface area contributed by atoms with E-state index in [2.05, 4.69) is 40.5 Å². The van der Waals surface area contributed by atoms with Gasteiger partial charge in [-0.2, -0.15) is 0 Å². The van der Waals surface area contributed by atoms with Crippen LogP contribution in [0, 0.1) is 0 Å². The van der Waals surface area contributed by atoms with E-state index in [1.165, 1.54) is 5.56 Å². The number of fused-ring (bicyclic) bond motifs is 1. The Morgan fingerprint density at radius 1 is 0.917 bits per heavy atom. The van der Waals surface area contributed by atoms with Crippen LogP contribution in [0.25, 0.3) is 0 Å². The van der Waals surface area contributed by atoms with E-state index in [-0.39, 0.29) is 18.1 Å². The highest BCUT2D eigenvalue weighted by Crippen LogP contribution is 2.35. The molecule has 0 unspecified atom stereocenters. The van der Waals surface area contributed by atoms with Gasteiger partial charge >= 0.3 is 0 Å². The van der Waals surface area contributed by atoms with E-state index < -0.39 is 0 Å². The first-order valence-electron chi connectivity index (χ1n) is 12.8. The summed E-state index contributed by atoms with van der Waals surface area (Å²) in [5.74, 6) is 1.87. The molecule has 8 heteroatoms. The van der Waals surface area contributed by atoms with Crippen LogP contribution in [0.2, 0.25) is 0 Å². The number of hydrogen-bond acceptors (Lipinski definition) is 8. The molecule has 8 nitrogen and oxygen atoms in total. The van der Waals surface area contributed by atoms with Crippen molar-refractivity contribution in [1.82, 2.24) is 5.32 Å². The van der Waals surface area contributed by atoms with Gasteiger partial charge in [-0.1, -0.05) is 18.2 Å². The third-order valence-corrected chi connectivity index (χ3v) is 6.84. The molecule has 0 radical (unpaired) electrons. The van der Waals surface area contributed by atoms with Crippen LogP contribution < -0.4 is 19.7 Å². The highest BCUT2D eigenvalue weighted by Gasteiger charge is 2.36. The molecule has 1 fully saturated rings. The first-order chi connectivity index (χ1) is 17.7. The molecule has 0 aliphatic carbocycles. The molecule has 0 spiro atoms. The molecule has 0 amide bonds. The maximum Gasteiger partial charge on any atom is 0.142 e. The zero-order valence-corrected chi connectivity index (χ0v) is 21.7. The van der Waals surface area contributed by atoms with Crippen LogP contribution in [0.1, 0.15) is 23.5 Å². The van der Waals surface area contributed by atoms with Gasteiger partial charge in [-0.25, -0.2) is 0 Å². The summed E-state index contributed by atoms with van der Waals surface area (Å²) in [6, 6.07) is 14.6. The largest absolute Gasteiger partial charge is 0.497 e. The molecule has 2 aromatic carbocycles. The number of benzene rings is 2. The van der Waals surface area contributed by atoms with Crippen molar-refractivity contribution in [2.45, 2.75) is 31.2 Å². The lowest BCUT2D eigenvalue weighted by atomic mass is 9.85. The summed E-state index contributed by atoms with van der Waals surface area (Å²) in [4.78, 5) is 2.38. The molecule has 198 valence electrons. The van der Waals surface area contributed by atoms with Crippen LogP contribution in [0.3, 0.4) is 0 Å². The second-order valence-electron chi connectivity index (χ2n) is 9.19. The van der Waals surface area contributed by atoms with Crippen molar-refractivity contribution in [3.05, 3.63) is 53.6 Å². The quantitative estimate of drug-likeness (QED) is 0.421. The summed E-state index contributed by atoms with van der Waals surface area (Å²) >= 11 is 0. The number of nitrogens with zero attached hydrogens (tertiary/aromatic N) is 1. The summed E-state index contributed by atoms with van der Waals surface area (Å²) in [7, 11) is 5.12. The van der Waals surface area contributed by atoms with Crippen LogP contribution >= 0.6 is 0 Å². The lowest BCUT2D eigenvalue weighted by molar-refractivity contribution is -0.0678. The monoisotopic (exact) mass is 500 g/mol. The Morgan fingerprint density at radius 3 is 2.44 bits per heavy atom. The molecule has 0 bridgehead atoms. The molecule has 2 aromatic rings. The zero-order chi connectivity index (χ0) is 25.2. The highest BCUT2D eigenvalue weighted by molar-refractivity contribution is 5.61. The Hall–Kier alpha value is -2.36. The second-order valence-corrected chi connectivity index (χ2v) is 9.19. The van der Waals surface area contributed by atoms with Gasteiger partial charge < -0.3 is 38.6 Å². The van der Waals surface area contributed by atoms with Crippen LogP contribution in [0.5, 0.6) is 11.5 Å². The van der Waals surface area contributed by atoms with E-state index >= 15 is 0 Å². The predicted molar refractivity (Wildman–Crippen MR) is 139 cm³/mol. The van der Waals surface area contributed by atoms with Gasteiger partial charge in [0.05, 0.1) is 51.4 Å². The molecule has 2 aliphatic rings. The van der Waals surface area contributed by atoms with Crippen molar-refractivity contribution in [3.63, 3.8) is 0 Å². The minimum atomic E-state index is -0.0372. The van der Waals surface area contributed by atoms with Crippen molar-refractivity contribution in [3.8, 4) is 11.5 Å². The second kappa shape index (κ2) is 13.8. The van der Waals surface area contributed by atoms with E-state index in [0.717, 1.165) is 62.0 Å². The minimum Gasteiger partial charge on any atom is -0.497 e.